The van der Waals surface area contributed by atoms with Crippen molar-refractivity contribution < 1.29 is 13.9 Å². The van der Waals surface area contributed by atoms with E-state index in [-0.39, 0.29) is 31.5 Å². The number of nitrogens with zero attached hydrogens (tertiary/aromatic N) is 3. The predicted molar refractivity (Wildman–Crippen MR) is 106 cm³/mol. The first-order valence-corrected chi connectivity index (χ1v) is 10.00. The average Bonchev–Trinajstić information content (AvgIpc) is 3.02. The van der Waals surface area contributed by atoms with E-state index in [1.54, 1.807) is 6.20 Å². The third kappa shape index (κ3) is 4.21. The lowest BCUT2D eigenvalue weighted by molar-refractivity contribution is -0.133. The molecule has 1 aromatic carbocycles. The van der Waals surface area contributed by atoms with Gasteiger partial charge in [0.25, 0.3) is 0 Å². The molecule has 3 heterocycles. The highest BCUT2D eigenvalue weighted by molar-refractivity contribution is 6.31. The summed E-state index contributed by atoms with van der Waals surface area (Å²) in [5.41, 5.74) is 6.70. The van der Waals surface area contributed by atoms with E-state index in [9.17, 15) is 9.18 Å². The van der Waals surface area contributed by atoms with Crippen molar-refractivity contribution in [1.82, 2.24) is 14.8 Å². The number of halogens is 2. The number of hydrogen-bond acceptors (Lipinski definition) is 5. The van der Waals surface area contributed by atoms with E-state index in [2.05, 4.69) is 9.88 Å². The van der Waals surface area contributed by atoms with Crippen molar-refractivity contribution in [3.63, 3.8) is 0 Å². The van der Waals surface area contributed by atoms with Gasteiger partial charge in [0.05, 0.1) is 24.8 Å². The molecule has 28 heavy (non-hydrogen) atoms. The summed E-state index contributed by atoms with van der Waals surface area (Å²) < 4.78 is 19.7. The topological polar surface area (TPSA) is 71.7 Å². The van der Waals surface area contributed by atoms with Crippen LogP contribution in [0.4, 0.5) is 4.39 Å². The quantitative estimate of drug-likeness (QED) is 0.845. The van der Waals surface area contributed by atoms with E-state index in [1.807, 2.05) is 24.3 Å². The van der Waals surface area contributed by atoms with Crippen LogP contribution in [0.5, 0.6) is 5.75 Å². The maximum atomic E-state index is 13.4. The molecule has 150 valence electrons. The normalized spacial score (nSPS) is 24.0. The first-order chi connectivity index (χ1) is 13.5. The zero-order valence-corrected chi connectivity index (χ0v) is 16.3. The van der Waals surface area contributed by atoms with Gasteiger partial charge in [-0.15, -0.1) is 0 Å². The number of piperidine rings is 1. The Morgan fingerprint density at radius 3 is 2.82 bits per heavy atom. The van der Waals surface area contributed by atoms with Gasteiger partial charge in [-0.25, -0.2) is 4.39 Å². The van der Waals surface area contributed by atoms with Gasteiger partial charge in [-0.05, 0) is 37.1 Å². The number of amides is 1. The smallest absolute Gasteiger partial charge is 0.238 e. The lowest BCUT2D eigenvalue weighted by atomic mass is 10.1. The molecule has 2 aliphatic heterocycles. The molecule has 0 spiro atoms. The summed E-state index contributed by atoms with van der Waals surface area (Å²) in [4.78, 5) is 20.3. The van der Waals surface area contributed by atoms with Crippen LogP contribution in [0.2, 0.25) is 5.02 Å². The van der Waals surface area contributed by atoms with Gasteiger partial charge in [0, 0.05) is 36.1 Å². The highest BCUT2D eigenvalue weighted by Gasteiger charge is 2.34. The number of alkyl halides is 1. The fourth-order valence-electron chi connectivity index (χ4n) is 3.94. The molecule has 8 heteroatoms. The number of likely N-dealkylation sites (tertiary alicyclic amines) is 2. The summed E-state index contributed by atoms with van der Waals surface area (Å²) in [5, 5.41) is 1.55. The van der Waals surface area contributed by atoms with Crippen LogP contribution in [0, 0.1) is 0 Å². The Labute approximate surface area is 168 Å². The zero-order valence-electron chi connectivity index (χ0n) is 15.6. The number of carbonyl (C=O) groups is 1. The van der Waals surface area contributed by atoms with Gasteiger partial charge in [0.1, 0.15) is 18.0 Å². The number of rotatable bonds is 4. The van der Waals surface area contributed by atoms with E-state index >= 15 is 0 Å². The highest BCUT2D eigenvalue weighted by atomic mass is 35.5. The van der Waals surface area contributed by atoms with Crippen LogP contribution in [-0.4, -0.2) is 65.3 Å². The number of fused-ring (bicyclic) bond motifs is 1. The van der Waals surface area contributed by atoms with E-state index in [0.29, 0.717) is 5.02 Å². The van der Waals surface area contributed by atoms with Crippen LogP contribution < -0.4 is 10.5 Å². The molecular weight excluding hydrogens is 383 g/mol. The summed E-state index contributed by atoms with van der Waals surface area (Å²) in [6.07, 6.45) is 2.14. The Balaban J connectivity index is 1.32. The van der Waals surface area contributed by atoms with Gasteiger partial charge in [0.2, 0.25) is 5.91 Å². The fourth-order valence-corrected chi connectivity index (χ4v) is 4.11. The van der Waals surface area contributed by atoms with Crippen molar-refractivity contribution in [2.45, 2.75) is 37.7 Å². The minimum absolute atomic E-state index is 0.0696. The molecule has 6 nitrogen and oxygen atoms in total. The molecule has 0 radical (unpaired) electrons. The molecule has 2 N–H and O–H groups in total. The molecule has 2 fully saturated rings. The Morgan fingerprint density at radius 1 is 1.32 bits per heavy atom. The molecule has 4 rings (SSSR count). The third-order valence-corrected chi connectivity index (χ3v) is 5.70. The average molecular weight is 407 g/mol. The molecule has 2 aliphatic rings. The van der Waals surface area contributed by atoms with Gasteiger partial charge in [0.15, 0.2) is 0 Å². The Bertz CT molecular complexity index is 859. The summed E-state index contributed by atoms with van der Waals surface area (Å²) >= 11 is 6.12. The number of ether oxygens (including phenoxy) is 1. The van der Waals surface area contributed by atoms with Crippen LogP contribution in [0.3, 0.4) is 0 Å². The van der Waals surface area contributed by atoms with Crippen LogP contribution in [0.15, 0.2) is 30.5 Å². The molecule has 0 saturated carbocycles. The summed E-state index contributed by atoms with van der Waals surface area (Å²) in [6, 6.07) is 7.42. The molecular formula is C20H24ClFN4O2. The molecule has 1 amide bonds. The Morgan fingerprint density at radius 2 is 2.11 bits per heavy atom. The molecule has 1 aromatic heterocycles. The minimum atomic E-state index is -1.01. The van der Waals surface area contributed by atoms with E-state index in [0.717, 1.165) is 42.6 Å². The maximum absolute atomic E-state index is 13.4. The molecule has 2 atom stereocenters. The highest BCUT2D eigenvalue weighted by Crippen LogP contribution is 2.29. The van der Waals surface area contributed by atoms with Gasteiger partial charge in [-0.1, -0.05) is 11.6 Å². The standard InChI is InChI=1S/C20H24ClFN4O2/c21-13-1-2-17-16(9-13)18(3-6-24-17)28-15-4-7-25(8-5-15)12-20(27)26-11-14(22)10-19(26)23/h1-3,6,9,14-15,19H,4-5,7-8,10-12,23H2/t14-,19-/m0/s1. The Kier molecular flexibility index (Phi) is 5.66. The third-order valence-electron chi connectivity index (χ3n) is 5.46. The predicted octanol–water partition coefficient (Wildman–Crippen LogP) is 2.59. The first-order valence-electron chi connectivity index (χ1n) is 9.62. The fraction of sp³-hybridized carbons (Fsp3) is 0.500. The molecule has 2 aromatic rings. The van der Waals surface area contributed by atoms with Gasteiger partial charge in [-0.2, -0.15) is 0 Å². The van der Waals surface area contributed by atoms with E-state index < -0.39 is 12.3 Å². The zero-order chi connectivity index (χ0) is 19.7. The van der Waals surface area contributed by atoms with Crippen molar-refractivity contribution in [2.24, 2.45) is 5.73 Å². The number of hydrogen-bond donors (Lipinski definition) is 1. The monoisotopic (exact) mass is 406 g/mol. The SMILES string of the molecule is N[C@@H]1C[C@H](F)CN1C(=O)CN1CCC(Oc2ccnc3ccc(Cl)cc23)CC1. The van der Waals surface area contributed by atoms with Gasteiger partial charge < -0.3 is 15.4 Å². The first kappa shape index (κ1) is 19.4. The second-order valence-corrected chi connectivity index (χ2v) is 7.95. The van der Waals surface area contributed by atoms with Crippen LogP contribution in [0.1, 0.15) is 19.3 Å². The molecule has 0 aliphatic carbocycles. The summed E-state index contributed by atoms with van der Waals surface area (Å²) in [7, 11) is 0. The van der Waals surface area contributed by atoms with Gasteiger partial charge in [-0.3, -0.25) is 14.7 Å². The number of aromatic nitrogens is 1. The molecule has 0 bridgehead atoms. The minimum Gasteiger partial charge on any atom is -0.490 e. The van der Waals surface area contributed by atoms with Crippen molar-refractivity contribution in [3.05, 3.63) is 35.5 Å². The number of nitrogens with two attached hydrogens (primary N) is 1. The van der Waals surface area contributed by atoms with E-state index in [1.165, 1.54) is 4.90 Å². The van der Waals surface area contributed by atoms with Gasteiger partial charge >= 0.3 is 0 Å². The van der Waals surface area contributed by atoms with Crippen molar-refractivity contribution >= 4 is 28.4 Å². The molecule has 0 unspecified atom stereocenters. The maximum Gasteiger partial charge on any atom is 0.238 e. The lowest BCUT2D eigenvalue weighted by Gasteiger charge is -2.33. The largest absolute Gasteiger partial charge is 0.490 e. The second-order valence-electron chi connectivity index (χ2n) is 7.51. The van der Waals surface area contributed by atoms with E-state index in [4.69, 9.17) is 22.1 Å². The van der Waals surface area contributed by atoms with Crippen molar-refractivity contribution in [3.8, 4) is 5.75 Å². The van der Waals surface area contributed by atoms with Crippen LogP contribution >= 0.6 is 11.6 Å². The van der Waals surface area contributed by atoms with Crippen LogP contribution in [0.25, 0.3) is 10.9 Å². The van der Waals surface area contributed by atoms with Crippen molar-refractivity contribution in [1.29, 1.82) is 0 Å². The molecule has 2 saturated heterocycles. The van der Waals surface area contributed by atoms with Crippen molar-refractivity contribution in [2.75, 3.05) is 26.2 Å². The van der Waals surface area contributed by atoms with Crippen LogP contribution in [-0.2, 0) is 4.79 Å². The number of pyridine rings is 1. The summed E-state index contributed by atoms with van der Waals surface area (Å²) in [6.45, 7) is 1.89. The second kappa shape index (κ2) is 8.19. The Hall–Kier alpha value is -1.96. The lowest BCUT2D eigenvalue weighted by Crippen LogP contribution is -2.48. The number of benzene rings is 1. The summed E-state index contributed by atoms with van der Waals surface area (Å²) in [5.74, 6) is 0.681. The number of carbonyl (C=O) groups excluding carboxylic acids is 1.